The van der Waals surface area contributed by atoms with E-state index in [0.717, 1.165) is 22.4 Å². The molecular weight excluding hydrogens is 262 g/mol. The van der Waals surface area contributed by atoms with Gasteiger partial charge in [-0.25, -0.2) is 9.97 Å². The minimum absolute atomic E-state index is 0.0202. The van der Waals surface area contributed by atoms with E-state index >= 15 is 0 Å². The molecule has 112 valence electrons. The summed E-state index contributed by atoms with van der Waals surface area (Å²) >= 11 is 0. The highest BCUT2D eigenvalue weighted by atomic mass is 16.2. The number of benzene rings is 1. The molecule has 0 saturated heterocycles. The number of aryl methyl sites for hydroxylation is 2. The Bertz CT molecular complexity index is 686. The molecule has 0 unspecified atom stereocenters. The van der Waals surface area contributed by atoms with Crippen molar-refractivity contribution in [2.75, 3.05) is 13.6 Å². The van der Waals surface area contributed by atoms with Gasteiger partial charge in [0.25, 0.3) is 5.91 Å². The second-order valence-corrected chi connectivity index (χ2v) is 6.82. The minimum Gasteiger partial charge on any atom is -0.341 e. The highest BCUT2D eigenvalue weighted by Gasteiger charge is 2.19. The van der Waals surface area contributed by atoms with E-state index in [9.17, 15) is 4.79 Å². The lowest BCUT2D eigenvalue weighted by atomic mass is 9.96. The summed E-state index contributed by atoms with van der Waals surface area (Å²) in [6.07, 6.45) is 0. The number of aromatic nitrogens is 2. The van der Waals surface area contributed by atoms with E-state index in [0.29, 0.717) is 12.1 Å². The van der Waals surface area contributed by atoms with Gasteiger partial charge in [-0.3, -0.25) is 4.79 Å². The van der Waals surface area contributed by atoms with Crippen LogP contribution < -0.4 is 0 Å². The molecule has 0 fully saturated rings. The first-order valence-electron chi connectivity index (χ1n) is 7.18. The van der Waals surface area contributed by atoms with E-state index in [-0.39, 0.29) is 11.3 Å². The van der Waals surface area contributed by atoms with Gasteiger partial charge >= 0.3 is 0 Å². The molecule has 0 radical (unpaired) electrons. The normalized spacial score (nSPS) is 11.7. The van der Waals surface area contributed by atoms with Gasteiger partial charge in [-0.1, -0.05) is 20.8 Å². The number of amides is 1. The number of rotatable bonds is 2. The summed E-state index contributed by atoms with van der Waals surface area (Å²) in [5.74, 6) is 0.0202. The maximum Gasteiger partial charge on any atom is 0.253 e. The topological polar surface area (TPSA) is 46.1 Å². The Hall–Kier alpha value is -1.97. The molecule has 4 heteroatoms. The SMILES string of the molecule is Cc1nc2ccc(C(=O)N(C)CC(C)(C)C)cc2nc1C. The van der Waals surface area contributed by atoms with Gasteiger partial charge in [-0.2, -0.15) is 0 Å². The molecule has 0 aliphatic rings. The largest absolute Gasteiger partial charge is 0.341 e. The van der Waals surface area contributed by atoms with Gasteiger partial charge in [0, 0.05) is 19.2 Å². The van der Waals surface area contributed by atoms with Crippen molar-refractivity contribution in [1.29, 1.82) is 0 Å². The van der Waals surface area contributed by atoms with Crippen LogP contribution in [0.4, 0.5) is 0 Å². The molecule has 2 aromatic rings. The average molecular weight is 285 g/mol. The number of hydrogen-bond donors (Lipinski definition) is 0. The summed E-state index contributed by atoms with van der Waals surface area (Å²) in [6, 6.07) is 5.52. The summed E-state index contributed by atoms with van der Waals surface area (Å²) in [6.45, 7) is 10.9. The second-order valence-electron chi connectivity index (χ2n) is 6.82. The first-order valence-corrected chi connectivity index (χ1v) is 7.18. The van der Waals surface area contributed by atoms with Crippen LogP contribution in [0, 0.1) is 19.3 Å². The van der Waals surface area contributed by atoms with Crippen LogP contribution in [0.15, 0.2) is 18.2 Å². The molecule has 2 rings (SSSR count). The second kappa shape index (κ2) is 5.43. The number of carbonyl (C=O) groups excluding carboxylic acids is 1. The van der Waals surface area contributed by atoms with Crippen molar-refractivity contribution in [2.24, 2.45) is 5.41 Å². The van der Waals surface area contributed by atoms with Gasteiger partial charge in [-0.05, 0) is 37.5 Å². The van der Waals surface area contributed by atoms with Gasteiger partial charge in [-0.15, -0.1) is 0 Å². The van der Waals surface area contributed by atoms with Gasteiger partial charge in [0.15, 0.2) is 0 Å². The van der Waals surface area contributed by atoms with E-state index in [1.54, 1.807) is 4.90 Å². The third-order valence-corrected chi connectivity index (χ3v) is 3.38. The fourth-order valence-corrected chi connectivity index (χ4v) is 2.37. The fourth-order valence-electron chi connectivity index (χ4n) is 2.37. The Morgan fingerprint density at radius 3 is 2.24 bits per heavy atom. The van der Waals surface area contributed by atoms with Crippen molar-refractivity contribution in [3.05, 3.63) is 35.2 Å². The van der Waals surface area contributed by atoms with Gasteiger partial charge < -0.3 is 4.90 Å². The Labute approximate surface area is 126 Å². The lowest BCUT2D eigenvalue weighted by Crippen LogP contribution is -2.34. The Morgan fingerprint density at radius 2 is 1.67 bits per heavy atom. The third-order valence-electron chi connectivity index (χ3n) is 3.38. The first-order chi connectivity index (χ1) is 9.67. The summed E-state index contributed by atoms with van der Waals surface area (Å²) < 4.78 is 0. The molecule has 1 aromatic carbocycles. The molecule has 1 aromatic heterocycles. The summed E-state index contributed by atoms with van der Waals surface area (Å²) in [5.41, 5.74) is 4.16. The maximum atomic E-state index is 12.5. The van der Waals surface area contributed by atoms with E-state index in [4.69, 9.17) is 0 Å². The zero-order valence-corrected chi connectivity index (χ0v) is 13.7. The zero-order chi connectivity index (χ0) is 15.8. The Morgan fingerprint density at radius 1 is 1.10 bits per heavy atom. The van der Waals surface area contributed by atoms with Crippen molar-refractivity contribution in [3.63, 3.8) is 0 Å². The predicted molar refractivity (Wildman–Crippen MR) is 85.4 cm³/mol. The molecule has 1 amide bonds. The van der Waals surface area contributed by atoms with E-state index < -0.39 is 0 Å². The van der Waals surface area contributed by atoms with Crippen LogP contribution >= 0.6 is 0 Å². The van der Waals surface area contributed by atoms with Gasteiger partial charge in [0.2, 0.25) is 0 Å². The average Bonchev–Trinajstić information content (AvgIpc) is 2.36. The van der Waals surface area contributed by atoms with Crippen molar-refractivity contribution in [1.82, 2.24) is 14.9 Å². The summed E-state index contributed by atoms with van der Waals surface area (Å²) in [7, 11) is 1.84. The Balaban J connectivity index is 2.34. The molecule has 0 bridgehead atoms. The molecule has 0 saturated carbocycles. The molecule has 0 N–H and O–H groups in total. The number of fused-ring (bicyclic) bond motifs is 1. The van der Waals surface area contributed by atoms with Crippen molar-refractivity contribution in [3.8, 4) is 0 Å². The first kappa shape index (κ1) is 15.4. The van der Waals surface area contributed by atoms with Crippen LogP contribution in [0.3, 0.4) is 0 Å². The summed E-state index contributed by atoms with van der Waals surface area (Å²) in [5, 5.41) is 0. The lowest BCUT2D eigenvalue weighted by molar-refractivity contribution is 0.0746. The zero-order valence-electron chi connectivity index (χ0n) is 13.7. The Kier molecular flexibility index (Phi) is 3.99. The number of carbonyl (C=O) groups is 1. The number of hydrogen-bond acceptors (Lipinski definition) is 3. The standard InChI is InChI=1S/C17H23N3O/c1-11-12(2)19-15-9-13(7-8-14(15)18-11)16(21)20(6)10-17(3,4)5/h7-9H,10H2,1-6H3. The number of nitrogens with zero attached hydrogens (tertiary/aromatic N) is 3. The highest BCUT2D eigenvalue weighted by molar-refractivity contribution is 5.97. The third kappa shape index (κ3) is 3.57. The minimum atomic E-state index is 0.0202. The lowest BCUT2D eigenvalue weighted by Gasteiger charge is -2.26. The van der Waals surface area contributed by atoms with E-state index in [1.165, 1.54) is 0 Å². The van der Waals surface area contributed by atoms with E-state index in [2.05, 4.69) is 30.7 Å². The monoisotopic (exact) mass is 285 g/mol. The maximum absolute atomic E-state index is 12.5. The van der Waals surface area contributed by atoms with Crippen LogP contribution in [0.2, 0.25) is 0 Å². The molecule has 0 aliphatic heterocycles. The highest BCUT2D eigenvalue weighted by Crippen LogP contribution is 2.18. The molecule has 0 atom stereocenters. The molecule has 21 heavy (non-hydrogen) atoms. The quantitative estimate of drug-likeness (QED) is 0.850. The smallest absolute Gasteiger partial charge is 0.253 e. The van der Waals surface area contributed by atoms with Crippen LogP contribution in [0.5, 0.6) is 0 Å². The van der Waals surface area contributed by atoms with Crippen LogP contribution in [-0.4, -0.2) is 34.4 Å². The van der Waals surface area contributed by atoms with Crippen LogP contribution in [0.25, 0.3) is 11.0 Å². The molecule has 0 spiro atoms. The van der Waals surface area contributed by atoms with Crippen LogP contribution in [0.1, 0.15) is 42.5 Å². The van der Waals surface area contributed by atoms with E-state index in [1.807, 2.05) is 39.1 Å². The van der Waals surface area contributed by atoms with Crippen molar-refractivity contribution in [2.45, 2.75) is 34.6 Å². The van der Waals surface area contributed by atoms with Crippen LogP contribution in [-0.2, 0) is 0 Å². The van der Waals surface area contributed by atoms with Crippen molar-refractivity contribution >= 4 is 16.9 Å². The van der Waals surface area contributed by atoms with Crippen molar-refractivity contribution < 1.29 is 4.79 Å². The molecule has 0 aliphatic carbocycles. The van der Waals surface area contributed by atoms with Gasteiger partial charge in [0.1, 0.15) is 0 Å². The summed E-state index contributed by atoms with van der Waals surface area (Å²) in [4.78, 5) is 23.3. The predicted octanol–water partition coefficient (Wildman–Crippen LogP) is 3.36. The fraction of sp³-hybridized carbons (Fsp3) is 0.471. The molecule has 1 heterocycles. The molecule has 4 nitrogen and oxygen atoms in total. The molecular formula is C17H23N3O. The van der Waals surface area contributed by atoms with Gasteiger partial charge in [0.05, 0.1) is 22.4 Å².